The van der Waals surface area contributed by atoms with Crippen LogP contribution in [-0.4, -0.2) is 32.4 Å². The van der Waals surface area contributed by atoms with Gasteiger partial charge in [0.05, 0.1) is 12.7 Å². The van der Waals surface area contributed by atoms with Crippen LogP contribution in [0.15, 0.2) is 30.3 Å². The van der Waals surface area contributed by atoms with Crippen molar-refractivity contribution in [1.29, 1.82) is 0 Å². The summed E-state index contributed by atoms with van der Waals surface area (Å²) < 4.78 is 11.6. The van der Waals surface area contributed by atoms with E-state index < -0.39 is 0 Å². The number of ether oxygens (including phenoxy) is 2. The van der Waals surface area contributed by atoms with Gasteiger partial charge in [-0.3, -0.25) is 0 Å². The van der Waals surface area contributed by atoms with Crippen molar-refractivity contribution in [2.45, 2.75) is 38.8 Å². The molecule has 1 fully saturated rings. The van der Waals surface area contributed by atoms with Gasteiger partial charge in [0.1, 0.15) is 0 Å². The highest BCUT2D eigenvalue weighted by atomic mass is 16.5. The molecule has 1 heterocycles. The molecule has 1 atom stereocenters. The molecule has 1 unspecified atom stereocenters. The summed E-state index contributed by atoms with van der Waals surface area (Å²) in [6, 6.07) is 11.0. The molecule has 112 valence electrons. The maximum absolute atomic E-state index is 6.20. The van der Waals surface area contributed by atoms with Crippen molar-refractivity contribution in [3.05, 3.63) is 35.9 Å². The lowest BCUT2D eigenvalue weighted by Crippen LogP contribution is -2.30. The Kier molecular flexibility index (Phi) is 6.51. The zero-order valence-corrected chi connectivity index (χ0v) is 12.7. The minimum atomic E-state index is 0.140. The van der Waals surface area contributed by atoms with Gasteiger partial charge >= 0.3 is 0 Å². The molecule has 1 saturated heterocycles. The molecule has 0 aliphatic carbocycles. The van der Waals surface area contributed by atoms with Gasteiger partial charge in [-0.2, -0.15) is 0 Å². The van der Waals surface area contributed by atoms with Gasteiger partial charge < -0.3 is 14.8 Å². The smallest absolute Gasteiger partial charge is 0.0949 e. The molecular formula is C17H27NO2. The van der Waals surface area contributed by atoms with Crippen molar-refractivity contribution < 1.29 is 9.47 Å². The second-order valence-electron chi connectivity index (χ2n) is 5.85. The standard InChI is InChI=1S/C17H27NO2/c1-14(2)18-12-17(16-6-4-3-5-7-16)20-13-15-8-10-19-11-9-15/h3-7,14-15,17-18H,8-13H2,1-2H3. The van der Waals surface area contributed by atoms with E-state index in [4.69, 9.17) is 9.47 Å². The quantitative estimate of drug-likeness (QED) is 0.830. The fourth-order valence-electron chi connectivity index (χ4n) is 2.45. The van der Waals surface area contributed by atoms with Gasteiger partial charge in [0, 0.05) is 25.8 Å². The zero-order chi connectivity index (χ0) is 14.2. The lowest BCUT2D eigenvalue weighted by atomic mass is 10.0. The predicted molar refractivity (Wildman–Crippen MR) is 81.8 cm³/mol. The third kappa shape index (κ3) is 5.23. The predicted octanol–water partition coefficient (Wildman–Crippen LogP) is 3.17. The van der Waals surface area contributed by atoms with Crippen LogP contribution in [-0.2, 0) is 9.47 Å². The summed E-state index contributed by atoms with van der Waals surface area (Å²) >= 11 is 0. The molecule has 1 aliphatic heterocycles. The topological polar surface area (TPSA) is 30.5 Å². The summed E-state index contributed by atoms with van der Waals surface area (Å²) in [6.45, 7) is 7.80. The van der Waals surface area contributed by atoms with E-state index in [-0.39, 0.29) is 6.10 Å². The van der Waals surface area contributed by atoms with E-state index in [2.05, 4.69) is 49.5 Å². The summed E-state index contributed by atoms with van der Waals surface area (Å²) in [5, 5.41) is 3.48. The molecular weight excluding hydrogens is 250 g/mol. The fraction of sp³-hybridized carbons (Fsp3) is 0.647. The van der Waals surface area contributed by atoms with E-state index >= 15 is 0 Å². The molecule has 1 N–H and O–H groups in total. The van der Waals surface area contributed by atoms with E-state index in [1.807, 2.05) is 0 Å². The maximum atomic E-state index is 6.20. The van der Waals surface area contributed by atoms with Crippen LogP contribution in [0.2, 0.25) is 0 Å². The van der Waals surface area contributed by atoms with E-state index in [0.717, 1.165) is 39.2 Å². The van der Waals surface area contributed by atoms with E-state index in [9.17, 15) is 0 Å². The van der Waals surface area contributed by atoms with Gasteiger partial charge in [-0.25, -0.2) is 0 Å². The van der Waals surface area contributed by atoms with Crippen LogP contribution >= 0.6 is 0 Å². The highest BCUT2D eigenvalue weighted by molar-refractivity contribution is 5.18. The number of hydrogen-bond donors (Lipinski definition) is 1. The van der Waals surface area contributed by atoms with Crippen molar-refractivity contribution in [2.75, 3.05) is 26.4 Å². The van der Waals surface area contributed by atoms with Crippen molar-refractivity contribution in [2.24, 2.45) is 5.92 Å². The Hall–Kier alpha value is -0.900. The highest BCUT2D eigenvalue weighted by Gasteiger charge is 2.18. The molecule has 1 aromatic rings. The number of hydrogen-bond acceptors (Lipinski definition) is 3. The summed E-state index contributed by atoms with van der Waals surface area (Å²) in [6.07, 6.45) is 2.39. The largest absolute Gasteiger partial charge is 0.381 e. The first-order chi connectivity index (χ1) is 9.75. The summed E-state index contributed by atoms with van der Waals surface area (Å²) in [4.78, 5) is 0. The molecule has 1 aliphatic rings. The van der Waals surface area contributed by atoms with Gasteiger partial charge in [0.25, 0.3) is 0 Å². The van der Waals surface area contributed by atoms with Crippen LogP contribution in [0.3, 0.4) is 0 Å². The third-order valence-electron chi connectivity index (χ3n) is 3.76. The minimum absolute atomic E-state index is 0.140. The van der Waals surface area contributed by atoms with Crippen molar-refractivity contribution >= 4 is 0 Å². The first-order valence-electron chi connectivity index (χ1n) is 7.73. The average molecular weight is 277 g/mol. The van der Waals surface area contributed by atoms with E-state index in [1.54, 1.807) is 0 Å². The second-order valence-corrected chi connectivity index (χ2v) is 5.85. The SMILES string of the molecule is CC(C)NCC(OCC1CCOCC1)c1ccccc1. The third-order valence-corrected chi connectivity index (χ3v) is 3.76. The summed E-state index contributed by atoms with van der Waals surface area (Å²) in [7, 11) is 0. The molecule has 0 saturated carbocycles. The Bertz CT molecular complexity index is 361. The van der Waals surface area contributed by atoms with Gasteiger partial charge in [-0.15, -0.1) is 0 Å². The lowest BCUT2D eigenvalue weighted by molar-refractivity contribution is -0.0119. The highest BCUT2D eigenvalue weighted by Crippen LogP contribution is 2.21. The van der Waals surface area contributed by atoms with Crippen LogP contribution in [0.5, 0.6) is 0 Å². The average Bonchev–Trinajstić information content (AvgIpc) is 2.49. The van der Waals surface area contributed by atoms with Crippen LogP contribution in [0.25, 0.3) is 0 Å². The Morgan fingerprint density at radius 2 is 1.90 bits per heavy atom. The molecule has 0 amide bonds. The number of nitrogens with one attached hydrogen (secondary N) is 1. The van der Waals surface area contributed by atoms with Crippen molar-refractivity contribution in [3.8, 4) is 0 Å². The van der Waals surface area contributed by atoms with Crippen molar-refractivity contribution in [3.63, 3.8) is 0 Å². The first-order valence-corrected chi connectivity index (χ1v) is 7.73. The van der Waals surface area contributed by atoms with Crippen LogP contribution in [0.4, 0.5) is 0 Å². The van der Waals surface area contributed by atoms with Gasteiger partial charge in [0.15, 0.2) is 0 Å². The Morgan fingerprint density at radius 3 is 2.55 bits per heavy atom. The van der Waals surface area contributed by atoms with Crippen molar-refractivity contribution in [1.82, 2.24) is 5.32 Å². The lowest BCUT2D eigenvalue weighted by Gasteiger charge is -2.26. The fourth-order valence-corrected chi connectivity index (χ4v) is 2.45. The maximum Gasteiger partial charge on any atom is 0.0949 e. The molecule has 0 spiro atoms. The monoisotopic (exact) mass is 277 g/mol. The second kappa shape index (κ2) is 8.40. The molecule has 0 bridgehead atoms. The summed E-state index contributed by atoms with van der Waals surface area (Å²) in [5.41, 5.74) is 1.26. The molecule has 2 rings (SSSR count). The molecule has 1 aromatic carbocycles. The van der Waals surface area contributed by atoms with E-state index in [0.29, 0.717) is 12.0 Å². The van der Waals surface area contributed by atoms with Gasteiger partial charge in [0.2, 0.25) is 0 Å². The van der Waals surface area contributed by atoms with Crippen LogP contribution < -0.4 is 5.32 Å². The van der Waals surface area contributed by atoms with Gasteiger partial charge in [-0.05, 0) is 24.3 Å². The molecule has 20 heavy (non-hydrogen) atoms. The first kappa shape index (κ1) is 15.5. The molecule has 3 nitrogen and oxygen atoms in total. The Morgan fingerprint density at radius 1 is 1.20 bits per heavy atom. The number of benzene rings is 1. The van der Waals surface area contributed by atoms with Gasteiger partial charge in [-0.1, -0.05) is 44.2 Å². The summed E-state index contributed by atoms with van der Waals surface area (Å²) in [5.74, 6) is 0.647. The van der Waals surface area contributed by atoms with E-state index in [1.165, 1.54) is 5.56 Å². The Balaban J connectivity index is 1.88. The van der Waals surface area contributed by atoms with Crippen LogP contribution in [0.1, 0.15) is 38.4 Å². The molecule has 0 aromatic heterocycles. The Labute approximate surface area is 122 Å². The zero-order valence-electron chi connectivity index (χ0n) is 12.7. The normalized spacial score (nSPS) is 18.4. The minimum Gasteiger partial charge on any atom is -0.381 e. The number of rotatable bonds is 7. The molecule has 0 radical (unpaired) electrons. The van der Waals surface area contributed by atoms with Crippen LogP contribution in [0, 0.1) is 5.92 Å². The molecule has 3 heteroatoms.